The van der Waals surface area contributed by atoms with E-state index in [0.29, 0.717) is 17.9 Å². The van der Waals surface area contributed by atoms with Crippen LogP contribution in [0, 0.1) is 0 Å². The highest BCUT2D eigenvalue weighted by Crippen LogP contribution is 2.38. The van der Waals surface area contributed by atoms with Gasteiger partial charge in [0.05, 0.1) is 6.61 Å². The van der Waals surface area contributed by atoms with Gasteiger partial charge >= 0.3 is 6.18 Å². The van der Waals surface area contributed by atoms with Crippen LogP contribution in [0.25, 0.3) is 0 Å². The molecule has 2 aromatic carbocycles. The minimum Gasteiger partial charge on any atom is -0.494 e. The summed E-state index contributed by atoms with van der Waals surface area (Å²) in [7, 11) is 0. The predicted molar refractivity (Wildman–Crippen MR) is 100 cm³/mol. The summed E-state index contributed by atoms with van der Waals surface area (Å²) in [6.45, 7) is 3.26. The van der Waals surface area contributed by atoms with Crippen LogP contribution in [0.1, 0.15) is 28.9 Å². The van der Waals surface area contributed by atoms with Crippen molar-refractivity contribution in [1.82, 2.24) is 9.80 Å². The van der Waals surface area contributed by atoms with Crippen LogP contribution in [0.15, 0.2) is 54.6 Å². The molecule has 1 fully saturated rings. The molecule has 1 unspecified atom stereocenters. The molecular weight excluding hydrogens is 369 g/mol. The normalized spacial score (nSPS) is 16.6. The summed E-state index contributed by atoms with van der Waals surface area (Å²) in [5.41, 5.74) is 0.730. The summed E-state index contributed by atoms with van der Waals surface area (Å²) < 4.78 is 46.4. The summed E-state index contributed by atoms with van der Waals surface area (Å²) in [6.07, 6.45) is -4.37. The Bertz CT molecular complexity index is 770. The number of benzene rings is 2. The van der Waals surface area contributed by atoms with Gasteiger partial charge in [0, 0.05) is 31.7 Å². The first-order valence-corrected chi connectivity index (χ1v) is 9.28. The number of carbonyl (C=O) groups is 1. The Morgan fingerprint density at radius 3 is 2.14 bits per heavy atom. The first-order chi connectivity index (χ1) is 13.4. The molecule has 0 radical (unpaired) electrons. The highest BCUT2D eigenvalue weighted by molar-refractivity contribution is 5.94. The van der Waals surface area contributed by atoms with Gasteiger partial charge in [-0.05, 0) is 36.8 Å². The number of alkyl halides is 3. The molecule has 1 heterocycles. The van der Waals surface area contributed by atoms with Gasteiger partial charge in [-0.3, -0.25) is 9.69 Å². The molecule has 1 aliphatic heterocycles. The highest BCUT2D eigenvalue weighted by atomic mass is 19.4. The summed E-state index contributed by atoms with van der Waals surface area (Å²) in [6, 6.07) is 13.1. The van der Waals surface area contributed by atoms with Crippen LogP contribution in [0.4, 0.5) is 13.2 Å². The fourth-order valence-electron chi connectivity index (χ4n) is 3.47. The van der Waals surface area contributed by atoms with Crippen molar-refractivity contribution in [3.63, 3.8) is 0 Å². The van der Waals surface area contributed by atoms with Gasteiger partial charge in [0.25, 0.3) is 5.91 Å². The lowest BCUT2D eigenvalue weighted by atomic mass is 10.0. The van der Waals surface area contributed by atoms with E-state index in [2.05, 4.69) is 0 Å². The molecule has 3 rings (SSSR count). The van der Waals surface area contributed by atoms with E-state index in [9.17, 15) is 18.0 Å². The number of hydrogen-bond donors (Lipinski definition) is 0. The SMILES string of the molecule is CCOc1ccc(C(=O)N2CCN(C(c3ccccc3)C(F)(F)F)CC2)cc1. The van der Waals surface area contributed by atoms with Crippen molar-refractivity contribution >= 4 is 5.91 Å². The van der Waals surface area contributed by atoms with Gasteiger partial charge in [-0.1, -0.05) is 30.3 Å². The molecule has 1 saturated heterocycles. The number of piperazine rings is 1. The minimum atomic E-state index is -4.37. The molecule has 0 aromatic heterocycles. The van der Waals surface area contributed by atoms with E-state index in [4.69, 9.17) is 4.74 Å². The minimum absolute atomic E-state index is 0.168. The maximum atomic E-state index is 13.7. The number of halogens is 3. The van der Waals surface area contributed by atoms with Crippen molar-refractivity contribution in [2.45, 2.75) is 19.1 Å². The van der Waals surface area contributed by atoms with Crippen LogP contribution in [0.5, 0.6) is 5.75 Å². The molecule has 1 aliphatic rings. The van der Waals surface area contributed by atoms with Crippen molar-refractivity contribution in [2.24, 2.45) is 0 Å². The zero-order valence-corrected chi connectivity index (χ0v) is 15.7. The van der Waals surface area contributed by atoms with E-state index in [1.165, 1.54) is 17.0 Å². The lowest BCUT2D eigenvalue weighted by Crippen LogP contribution is -2.52. The molecule has 150 valence electrons. The molecular formula is C21H23F3N2O2. The maximum Gasteiger partial charge on any atom is 0.408 e. The standard InChI is InChI=1S/C21H23F3N2O2/c1-2-28-18-10-8-17(9-11-18)20(27)26-14-12-25(13-15-26)19(21(22,23)24)16-6-4-3-5-7-16/h3-11,19H,2,12-15H2,1H3. The fraction of sp³-hybridized carbons (Fsp3) is 0.381. The van der Waals surface area contributed by atoms with Gasteiger partial charge in [-0.25, -0.2) is 0 Å². The summed E-state index contributed by atoms with van der Waals surface area (Å²) >= 11 is 0. The van der Waals surface area contributed by atoms with E-state index in [-0.39, 0.29) is 37.6 Å². The van der Waals surface area contributed by atoms with E-state index < -0.39 is 12.2 Å². The molecule has 0 spiro atoms. The quantitative estimate of drug-likeness (QED) is 0.767. The average Bonchev–Trinajstić information content (AvgIpc) is 2.69. The number of nitrogens with zero attached hydrogens (tertiary/aromatic N) is 2. The molecule has 0 saturated carbocycles. The molecule has 0 N–H and O–H groups in total. The third kappa shape index (κ3) is 4.65. The summed E-state index contributed by atoms with van der Waals surface area (Å²) in [5.74, 6) is 0.505. The van der Waals surface area contributed by atoms with Crippen molar-refractivity contribution in [3.05, 3.63) is 65.7 Å². The number of amides is 1. The van der Waals surface area contributed by atoms with Crippen LogP contribution in [-0.4, -0.2) is 54.7 Å². The summed E-state index contributed by atoms with van der Waals surface area (Å²) in [4.78, 5) is 15.7. The number of ether oxygens (including phenoxy) is 1. The molecule has 28 heavy (non-hydrogen) atoms. The second-order valence-corrected chi connectivity index (χ2v) is 6.64. The van der Waals surface area contributed by atoms with E-state index in [1.807, 2.05) is 6.92 Å². The van der Waals surface area contributed by atoms with Crippen molar-refractivity contribution in [3.8, 4) is 5.75 Å². The average molecular weight is 392 g/mol. The Kier molecular flexibility index (Phi) is 6.24. The monoisotopic (exact) mass is 392 g/mol. The van der Waals surface area contributed by atoms with Crippen LogP contribution in [0.2, 0.25) is 0 Å². The first kappa shape index (κ1) is 20.2. The van der Waals surface area contributed by atoms with Gasteiger partial charge in [0.2, 0.25) is 0 Å². The summed E-state index contributed by atoms with van der Waals surface area (Å²) in [5, 5.41) is 0. The Hall–Kier alpha value is -2.54. The lowest BCUT2D eigenvalue weighted by molar-refractivity contribution is -0.189. The zero-order chi connectivity index (χ0) is 20.1. The Morgan fingerprint density at radius 1 is 1.00 bits per heavy atom. The third-order valence-electron chi connectivity index (χ3n) is 4.80. The largest absolute Gasteiger partial charge is 0.494 e. The topological polar surface area (TPSA) is 32.8 Å². The maximum absolute atomic E-state index is 13.7. The Morgan fingerprint density at radius 2 is 1.61 bits per heavy atom. The molecule has 7 heteroatoms. The molecule has 1 amide bonds. The highest BCUT2D eigenvalue weighted by Gasteiger charge is 2.45. The predicted octanol–water partition coefficient (Wildman–Crippen LogP) is 4.15. The van der Waals surface area contributed by atoms with Crippen LogP contribution < -0.4 is 4.74 Å². The van der Waals surface area contributed by atoms with Crippen molar-refractivity contribution < 1.29 is 22.7 Å². The molecule has 2 aromatic rings. The van der Waals surface area contributed by atoms with Crippen LogP contribution in [0.3, 0.4) is 0 Å². The second kappa shape index (κ2) is 8.65. The van der Waals surface area contributed by atoms with Crippen LogP contribution >= 0.6 is 0 Å². The van der Waals surface area contributed by atoms with Crippen molar-refractivity contribution in [1.29, 1.82) is 0 Å². The third-order valence-corrected chi connectivity index (χ3v) is 4.80. The van der Waals surface area contributed by atoms with Gasteiger partial charge in [0.15, 0.2) is 0 Å². The van der Waals surface area contributed by atoms with Gasteiger partial charge in [-0.2, -0.15) is 13.2 Å². The van der Waals surface area contributed by atoms with E-state index in [1.54, 1.807) is 47.4 Å². The number of hydrogen-bond acceptors (Lipinski definition) is 3. The number of rotatable bonds is 5. The van der Waals surface area contributed by atoms with Gasteiger partial charge in [-0.15, -0.1) is 0 Å². The lowest BCUT2D eigenvalue weighted by Gasteiger charge is -2.40. The Labute approximate surface area is 162 Å². The Balaban J connectivity index is 1.66. The first-order valence-electron chi connectivity index (χ1n) is 9.28. The van der Waals surface area contributed by atoms with E-state index >= 15 is 0 Å². The van der Waals surface area contributed by atoms with Gasteiger partial charge in [0.1, 0.15) is 11.8 Å². The smallest absolute Gasteiger partial charge is 0.408 e. The van der Waals surface area contributed by atoms with Crippen molar-refractivity contribution in [2.75, 3.05) is 32.8 Å². The molecule has 1 atom stereocenters. The molecule has 4 nitrogen and oxygen atoms in total. The number of carbonyl (C=O) groups excluding carboxylic acids is 1. The molecule has 0 bridgehead atoms. The molecule has 0 aliphatic carbocycles. The second-order valence-electron chi connectivity index (χ2n) is 6.64. The fourth-order valence-corrected chi connectivity index (χ4v) is 3.47. The zero-order valence-electron chi connectivity index (χ0n) is 15.7. The van der Waals surface area contributed by atoms with Gasteiger partial charge < -0.3 is 9.64 Å². The van der Waals surface area contributed by atoms with Crippen LogP contribution in [-0.2, 0) is 0 Å². The van der Waals surface area contributed by atoms with E-state index in [0.717, 1.165) is 0 Å².